The Bertz CT molecular complexity index is 752. The molecule has 0 saturated heterocycles. The number of guanidine groups is 1. The summed E-state index contributed by atoms with van der Waals surface area (Å²) in [5.41, 5.74) is 2.22. The van der Waals surface area contributed by atoms with E-state index in [4.69, 9.17) is 9.73 Å². The zero-order valence-electron chi connectivity index (χ0n) is 15.8. The second-order valence-electron chi connectivity index (χ2n) is 6.57. The highest BCUT2D eigenvalue weighted by Crippen LogP contribution is 2.27. The SMILES string of the molecule is CCNC(=NCc1ccccc1OC1CCC1)NCc1sc(C)nc1C. The van der Waals surface area contributed by atoms with Gasteiger partial charge in [0.15, 0.2) is 5.96 Å². The van der Waals surface area contributed by atoms with Crippen molar-refractivity contribution in [3.63, 3.8) is 0 Å². The highest BCUT2D eigenvalue weighted by Gasteiger charge is 2.20. The van der Waals surface area contributed by atoms with Crippen molar-refractivity contribution >= 4 is 17.3 Å². The van der Waals surface area contributed by atoms with Gasteiger partial charge in [-0.25, -0.2) is 9.98 Å². The van der Waals surface area contributed by atoms with E-state index in [0.717, 1.165) is 53.9 Å². The van der Waals surface area contributed by atoms with Gasteiger partial charge in [0, 0.05) is 17.0 Å². The lowest BCUT2D eigenvalue weighted by atomic mass is 9.96. The summed E-state index contributed by atoms with van der Waals surface area (Å²) in [5, 5.41) is 7.83. The molecule has 1 aliphatic carbocycles. The smallest absolute Gasteiger partial charge is 0.191 e. The number of ether oxygens (including phenoxy) is 1. The lowest BCUT2D eigenvalue weighted by molar-refractivity contribution is 0.119. The van der Waals surface area contributed by atoms with Gasteiger partial charge >= 0.3 is 0 Å². The van der Waals surface area contributed by atoms with Crippen LogP contribution in [0.1, 0.15) is 47.3 Å². The van der Waals surface area contributed by atoms with Crippen LogP contribution in [0.5, 0.6) is 5.75 Å². The maximum atomic E-state index is 6.10. The van der Waals surface area contributed by atoms with Crippen molar-refractivity contribution in [3.8, 4) is 5.75 Å². The average molecular weight is 373 g/mol. The molecular weight excluding hydrogens is 344 g/mol. The van der Waals surface area contributed by atoms with Gasteiger partial charge < -0.3 is 15.4 Å². The Hall–Kier alpha value is -2.08. The van der Waals surface area contributed by atoms with Gasteiger partial charge in [0.25, 0.3) is 0 Å². The molecule has 2 N–H and O–H groups in total. The molecule has 0 bridgehead atoms. The number of aryl methyl sites for hydroxylation is 2. The molecule has 0 unspecified atom stereocenters. The van der Waals surface area contributed by atoms with E-state index < -0.39 is 0 Å². The summed E-state index contributed by atoms with van der Waals surface area (Å²) in [7, 11) is 0. The van der Waals surface area contributed by atoms with Crippen LogP contribution in [0.2, 0.25) is 0 Å². The number of nitrogens with one attached hydrogen (secondary N) is 2. The lowest BCUT2D eigenvalue weighted by Gasteiger charge is -2.27. The van der Waals surface area contributed by atoms with Gasteiger partial charge in [-0.3, -0.25) is 0 Å². The van der Waals surface area contributed by atoms with Crippen LogP contribution < -0.4 is 15.4 Å². The van der Waals surface area contributed by atoms with E-state index in [9.17, 15) is 0 Å². The summed E-state index contributed by atoms with van der Waals surface area (Å²) in [6, 6.07) is 8.21. The summed E-state index contributed by atoms with van der Waals surface area (Å²) in [6.07, 6.45) is 3.98. The van der Waals surface area contributed by atoms with Crippen LogP contribution in [-0.4, -0.2) is 23.6 Å². The van der Waals surface area contributed by atoms with E-state index in [-0.39, 0.29) is 0 Å². The fourth-order valence-electron chi connectivity index (χ4n) is 2.83. The quantitative estimate of drug-likeness (QED) is 0.571. The normalized spacial score (nSPS) is 14.8. The molecule has 0 amide bonds. The van der Waals surface area contributed by atoms with Gasteiger partial charge in [-0.05, 0) is 46.1 Å². The van der Waals surface area contributed by atoms with Crippen LogP contribution in [0.3, 0.4) is 0 Å². The summed E-state index contributed by atoms with van der Waals surface area (Å²) >= 11 is 1.73. The van der Waals surface area contributed by atoms with Crippen molar-refractivity contribution < 1.29 is 4.74 Å². The van der Waals surface area contributed by atoms with Crippen molar-refractivity contribution in [2.24, 2.45) is 4.99 Å². The first-order valence-corrected chi connectivity index (χ1v) is 10.2. The number of thiazole rings is 1. The predicted octanol–water partition coefficient (Wildman–Crippen LogP) is 3.95. The third-order valence-corrected chi connectivity index (χ3v) is 5.56. The zero-order valence-corrected chi connectivity index (χ0v) is 16.7. The molecular formula is C20H28N4OS. The number of rotatable bonds is 7. The van der Waals surface area contributed by atoms with Crippen LogP contribution in [-0.2, 0) is 13.1 Å². The van der Waals surface area contributed by atoms with Crippen LogP contribution in [0.4, 0.5) is 0 Å². The summed E-state index contributed by atoms with van der Waals surface area (Å²) < 4.78 is 6.10. The molecule has 1 saturated carbocycles. The molecule has 1 aromatic carbocycles. The highest BCUT2D eigenvalue weighted by molar-refractivity contribution is 7.11. The van der Waals surface area contributed by atoms with E-state index in [1.165, 1.54) is 11.3 Å². The third-order valence-electron chi connectivity index (χ3n) is 4.49. The van der Waals surface area contributed by atoms with E-state index in [2.05, 4.69) is 35.5 Å². The maximum Gasteiger partial charge on any atom is 0.191 e. The second kappa shape index (κ2) is 9.03. The minimum Gasteiger partial charge on any atom is -0.490 e. The van der Waals surface area contributed by atoms with Crippen molar-refractivity contribution in [1.29, 1.82) is 0 Å². The topological polar surface area (TPSA) is 58.5 Å². The van der Waals surface area contributed by atoms with Gasteiger partial charge in [0.1, 0.15) is 5.75 Å². The third kappa shape index (κ3) is 4.97. The monoisotopic (exact) mass is 372 g/mol. The lowest BCUT2D eigenvalue weighted by Crippen LogP contribution is -2.36. The van der Waals surface area contributed by atoms with Gasteiger partial charge in [0.05, 0.1) is 29.9 Å². The van der Waals surface area contributed by atoms with Gasteiger partial charge in [-0.1, -0.05) is 18.2 Å². The Morgan fingerprint density at radius 2 is 2.08 bits per heavy atom. The van der Waals surface area contributed by atoms with Crippen LogP contribution in [0, 0.1) is 13.8 Å². The molecule has 1 heterocycles. The van der Waals surface area contributed by atoms with E-state index in [0.29, 0.717) is 12.6 Å². The summed E-state index contributed by atoms with van der Waals surface area (Å²) in [4.78, 5) is 10.5. The number of hydrogen-bond acceptors (Lipinski definition) is 4. The first-order chi connectivity index (χ1) is 12.7. The molecule has 1 aromatic heterocycles. The first-order valence-electron chi connectivity index (χ1n) is 9.35. The molecule has 1 fully saturated rings. The van der Waals surface area contributed by atoms with E-state index in [1.54, 1.807) is 11.3 Å². The molecule has 0 radical (unpaired) electrons. The Morgan fingerprint density at radius 1 is 1.27 bits per heavy atom. The van der Waals surface area contributed by atoms with Crippen LogP contribution in [0.15, 0.2) is 29.3 Å². The molecule has 2 aromatic rings. The second-order valence-corrected chi connectivity index (χ2v) is 7.86. The van der Waals surface area contributed by atoms with Crippen molar-refractivity contribution in [3.05, 3.63) is 45.4 Å². The molecule has 26 heavy (non-hydrogen) atoms. The number of aliphatic imine (C=N–C) groups is 1. The molecule has 0 aliphatic heterocycles. The minimum absolute atomic E-state index is 0.379. The number of hydrogen-bond donors (Lipinski definition) is 2. The Balaban J connectivity index is 1.64. The first kappa shape index (κ1) is 18.7. The van der Waals surface area contributed by atoms with Crippen molar-refractivity contribution in [1.82, 2.24) is 15.6 Å². The largest absolute Gasteiger partial charge is 0.490 e. The Morgan fingerprint density at radius 3 is 2.73 bits per heavy atom. The predicted molar refractivity (Wildman–Crippen MR) is 108 cm³/mol. The molecule has 5 nitrogen and oxygen atoms in total. The molecule has 1 aliphatic rings. The van der Waals surface area contributed by atoms with Crippen LogP contribution in [0.25, 0.3) is 0 Å². The highest BCUT2D eigenvalue weighted by atomic mass is 32.1. The standard InChI is InChI=1S/C20H28N4OS/c1-4-21-20(23-13-19-14(2)24-15(3)26-19)22-12-16-8-5-6-11-18(16)25-17-9-7-10-17/h5-6,8,11,17H,4,7,9-10,12-13H2,1-3H3,(H2,21,22,23). The average Bonchev–Trinajstić information content (AvgIpc) is 2.92. The van der Waals surface area contributed by atoms with E-state index in [1.807, 2.05) is 25.1 Å². The maximum absolute atomic E-state index is 6.10. The minimum atomic E-state index is 0.379. The molecule has 6 heteroatoms. The number of benzene rings is 1. The van der Waals surface area contributed by atoms with Crippen LogP contribution >= 0.6 is 11.3 Å². The summed E-state index contributed by atoms with van der Waals surface area (Å²) in [6.45, 7) is 8.33. The summed E-state index contributed by atoms with van der Waals surface area (Å²) in [5.74, 6) is 1.78. The molecule has 0 spiro atoms. The van der Waals surface area contributed by atoms with Crippen molar-refractivity contribution in [2.75, 3.05) is 6.54 Å². The molecule has 0 atom stereocenters. The molecule has 3 rings (SSSR count). The number of aromatic nitrogens is 1. The zero-order chi connectivity index (χ0) is 18.4. The Labute approximate surface area is 159 Å². The fraction of sp³-hybridized carbons (Fsp3) is 0.500. The van der Waals surface area contributed by atoms with E-state index >= 15 is 0 Å². The van der Waals surface area contributed by atoms with Gasteiger partial charge in [0.2, 0.25) is 0 Å². The Kier molecular flexibility index (Phi) is 6.50. The van der Waals surface area contributed by atoms with Gasteiger partial charge in [-0.15, -0.1) is 11.3 Å². The van der Waals surface area contributed by atoms with Gasteiger partial charge in [-0.2, -0.15) is 0 Å². The fourth-order valence-corrected chi connectivity index (χ4v) is 3.70. The number of para-hydroxylation sites is 1. The van der Waals surface area contributed by atoms with Crippen molar-refractivity contribution in [2.45, 2.75) is 59.2 Å². The number of nitrogens with zero attached hydrogens (tertiary/aromatic N) is 2. The molecule has 140 valence electrons.